The van der Waals surface area contributed by atoms with Gasteiger partial charge in [0.1, 0.15) is 17.8 Å². The number of esters is 3. The van der Waals surface area contributed by atoms with E-state index in [-0.39, 0.29) is 19.3 Å². The van der Waals surface area contributed by atoms with Crippen molar-refractivity contribution in [2.75, 3.05) is 0 Å². The van der Waals surface area contributed by atoms with Crippen LogP contribution in [0.25, 0.3) is 0 Å². The van der Waals surface area contributed by atoms with Gasteiger partial charge in [0.25, 0.3) is 0 Å². The SMILES string of the molecule is CC(=O)O[C@H](C)[C@](C)(O)C(=O)O[C@@H]1CC[C@]2(C)C[C@]3(O)OC(=O)C(C)=C3C[C@H]2[C@]1(C)O. The van der Waals surface area contributed by atoms with Crippen molar-refractivity contribution in [3.8, 4) is 0 Å². The van der Waals surface area contributed by atoms with Crippen molar-refractivity contribution >= 4 is 17.9 Å². The summed E-state index contributed by atoms with van der Waals surface area (Å²) < 4.78 is 15.7. The van der Waals surface area contributed by atoms with Crippen LogP contribution in [0.3, 0.4) is 0 Å². The quantitative estimate of drug-likeness (QED) is 0.433. The second-order valence-corrected chi connectivity index (χ2v) is 9.92. The summed E-state index contributed by atoms with van der Waals surface area (Å²) in [4.78, 5) is 36.0. The van der Waals surface area contributed by atoms with Crippen LogP contribution in [0.5, 0.6) is 0 Å². The van der Waals surface area contributed by atoms with Crippen LogP contribution < -0.4 is 0 Å². The zero-order valence-electron chi connectivity index (χ0n) is 18.9. The highest BCUT2D eigenvalue weighted by Gasteiger charge is 2.63. The molecule has 0 aromatic carbocycles. The van der Waals surface area contributed by atoms with Gasteiger partial charge in [-0.3, -0.25) is 4.79 Å². The molecule has 1 heterocycles. The first-order chi connectivity index (χ1) is 14.0. The molecule has 3 N–H and O–H groups in total. The lowest BCUT2D eigenvalue weighted by Crippen LogP contribution is -2.63. The van der Waals surface area contributed by atoms with Gasteiger partial charge in [-0.1, -0.05) is 6.92 Å². The molecule has 2 fully saturated rings. The van der Waals surface area contributed by atoms with E-state index in [4.69, 9.17) is 14.2 Å². The van der Waals surface area contributed by atoms with E-state index >= 15 is 0 Å². The zero-order chi connectivity index (χ0) is 23.6. The van der Waals surface area contributed by atoms with Gasteiger partial charge in [-0.15, -0.1) is 0 Å². The lowest BCUT2D eigenvalue weighted by Gasteiger charge is -2.57. The van der Waals surface area contributed by atoms with Gasteiger partial charge in [0.15, 0.2) is 5.60 Å². The van der Waals surface area contributed by atoms with Crippen LogP contribution in [0.1, 0.15) is 67.2 Å². The third kappa shape index (κ3) is 3.76. The minimum absolute atomic E-state index is 0.140. The van der Waals surface area contributed by atoms with Crippen molar-refractivity contribution in [2.24, 2.45) is 11.3 Å². The molecule has 0 radical (unpaired) electrons. The topological polar surface area (TPSA) is 140 Å². The maximum absolute atomic E-state index is 12.7. The molecule has 0 unspecified atom stereocenters. The molecule has 31 heavy (non-hydrogen) atoms. The van der Waals surface area contributed by atoms with Crippen LogP contribution in [-0.2, 0) is 28.6 Å². The molecule has 9 heteroatoms. The maximum Gasteiger partial charge on any atom is 0.342 e. The fourth-order valence-corrected chi connectivity index (χ4v) is 5.39. The number of rotatable bonds is 4. The smallest absolute Gasteiger partial charge is 0.342 e. The molecule has 0 amide bonds. The van der Waals surface area contributed by atoms with E-state index in [1.54, 1.807) is 13.8 Å². The number of aliphatic hydroxyl groups is 3. The molecule has 7 atom stereocenters. The Hall–Kier alpha value is -1.97. The summed E-state index contributed by atoms with van der Waals surface area (Å²) in [7, 11) is 0. The monoisotopic (exact) mass is 440 g/mol. The van der Waals surface area contributed by atoms with Gasteiger partial charge in [-0.2, -0.15) is 0 Å². The second-order valence-electron chi connectivity index (χ2n) is 9.92. The third-order valence-corrected chi connectivity index (χ3v) is 7.52. The van der Waals surface area contributed by atoms with Gasteiger partial charge in [-0.25, -0.2) is 9.59 Å². The summed E-state index contributed by atoms with van der Waals surface area (Å²) in [5.41, 5.74) is -3.38. The highest BCUT2D eigenvalue weighted by Crippen LogP contribution is 2.60. The van der Waals surface area contributed by atoms with E-state index in [1.807, 2.05) is 6.92 Å². The molecular formula is C22H32O9. The fourth-order valence-electron chi connectivity index (χ4n) is 5.39. The summed E-state index contributed by atoms with van der Waals surface area (Å²) in [5, 5.41) is 33.0. The molecule has 3 aliphatic rings. The number of ether oxygens (including phenoxy) is 3. The summed E-state index contributed by atoms with van der Waals surface area (Å²) in [5.74, 6) is -4.32. The summed E-state index contributed by atoms with van der Waals surface area (Å²) in [6.07, 6.45) is -0.937. The predicted molar refractivity (Wildman–Crippen MR) is 106 cm³/mol. The summed E-state index contributed by atoms with van der Waals surface area (Å²) in [6.45, 7) is 8.81. The van der Waals surface area contributed by atoms with Gasteiger partial charge < -0.3 is 29.5 Å². The molecule has 9 nitrogen and oxygen atoms in total. The average Bonchev–Trinajstić information content (AvgIpc) is 2.83. The molecular weight excluding hydrogens is 408 g/mol. The molecule has 1 aliphatic heterocycles. The van der Waals surface area contributed by atoms with E-state index in [1.165, 1.54) is 20.8 Å². The van der Waals surface area contributed by atoms with Crippen LogP contribution in [-0.4, -0.2) is 62.4 Å². The van der Waals surface area contributed by atoms with Crippen LogP contribution in [0, 0.1) is 11.3 Å². The Labute approximate surface area is 181 Å². The first kappa shape index (κ1) is 23.7. The van der Waals surface area contributed by atoms with E-state index in [0.717, 1.165) is 0 Å². The summed E-state index contributed by atoms with van der Waals surface area (Å²) in [6, 6.07) is 0. The van der Waals surface area contributed by atoms with E-state index in [2.05, 4.69) is 0 Å². The number of fused-ring (bicyclic) bond motifs is 2. The fraction of sp³-hybridized carbons (Fsp3) is 0.773. The maximum atomic E-state index is 12.7. The Balaban J connectivity index is 1.83. The van der Waals surface area contributed by atoms with Gasteiger partial charge in [0.2, 0.25) is 5.79 Å². The minimum Gasteiger partial charge on any atom is -0.459 e. The first-order valence-corrected chi connectivity index (χ1v) is 10.5. The molecule has 0 spiro atoms. The normalized spacial score (nSPS) is 40.2. The molecule has 0 bridgehead atoms. The van der Waals surface area contributed by atoms with Crippen LogP contribution in [0.4, 0.5) is 0 Å². The van der Waals surface area contributed by atoms with Crippen LogP contribution >= 0.6 is 0 Å². The third-order valence-electron chi connectivity index (χ3n) is 7.52. The van der Waals surface area contributed by atoms with Crippen LogP contribution in [0.15, 0.2) is 11.1 Å². The molecule has 0 aromatic rings. The zero-order valence-corrected chi connectivity index (χ0v) is 18.9. The van der Waals surface area contributed by atoms with Crippen molar-refractivity contribution in [3.63, 3.8) is 0 Å². The lowest BCUT2D eigenvalue weighted by molar-refractivity contribution is -0.245. The predicted octanol–water partition coefficient (Wildman–Crippen LogP) is 1.12. The van der Waals surface area contributed by atoms with Crippen molar-refractivity contribution < 1.29 is 43.9 Å². The Morgan fingerprint density at radius 1 is 1.29 bits per heavy atom. The number of carbonyl (C=O) groups excluding carboxylic acids is 3. The van der Waals surface area contributed by atoms with E-state index in [9.17, 15) is 29.7 Å². The van der Waals surface area contributed by atoms with Gasteiger partial charge >= 0.3 is 17.9 Å². The van der Waals surface area contributed by atoms with Gasteiger partial charge in [0, 0.05) is 30.4 Å². The first-order valence-electron chi connectivity index (χ1n) is 10.5. The number of hydrogen-bond acceptors (Lipinski definition) is 9. The Morgan fingerprint density at radius 2 is 1.90 bits per heavy atom. The number of hydrogen-bond donors (Lipinski definition) is 3. The van der Waals surface area contributed by atoms with Crippen molar-refractivity contribution in [1.82, 2.24) is 0 Å². The Morgan fingerprint density at radius 3 is 2.48 bits per heavy atom. The van der Waals surface area contributed by atoms with Crippen molar-refractivity contribution in [3.05, 3.63) is 11.1 Å². The average molecular weight is 440 g/mol. The molecule has 3 rings (SSSR count). The van der Waals surface area contributed by atoms with Gasteiger partial charge in [-0.05, 0) is 52.4 Å². The molecule has 174 valence electrons. The molecule has 0 aromatic heterocycles. The highest BCUT2D eigenvalue weighted by molar-refractivity contribution is 5.92. The van der Waals surface area contributed by atoms with Gasteiger partial charge in [0.05, 0.1) is 0 Å². The van der Waals surface area contributed by atoms with Crippen molar-refractivity contribution in [2.45, 2.75) is 96.4 Å². The van der Waals surface area contributed by atoms with E-state index < -0.39 is 58.4 Å². The highest BCUT2D eigenvalue weighted by atomic mass is 16.7. The summed E-state index contributed by atoms with van der Waals surface area (Å²) >= 11 is 0. The van der Waals surface area contributed by atoms with Crippen molar-refractivity contribution in [1.29, 1.82) is 0 Å². The largest absolute Gasteiger partial charge is 0.459 e. The lowest BCUT2D eigenvalue weighted by atomic mass is 9.52. The van der Waals surface area contributed by atoms with E-state index in [0.29, 0.717) is 17.6 Å². The molecule has 2 aliphatic carbocycles. The Bertz CT molecular complexity index is 842. The standard InChI is InChI=1S/C22H32O9/c1-11-14-9-15-19(4,10-22(14,28)31-17(11)24)8-7-16(21(15,6)27)30-18(25)20(5,26)12(2)29-13(3)23/h12,15-16,26-28H,7-10H2,1-6H3/t12-,15-,16-,19-,20+,21+,22+/m1/s1. The second kappa shape index (κ2) is 7.28. The van der Waals surface area contributed by atoms with Crippen LogP contribution in [0.2, 0.25) is 0 Å². The molecule has 2 saturated carbocycles. The Kier molecular flexibility index (Phi) is 5.56. The number of carbonyl (C=O) groups is 3. The minimum atomic E-state index is -2.10. The molecule has 0 saturated heterocycles.